The van der Waals surface area contributed by atoms with Crippen molar-refractivity contribution in [2.24, 2.45) is 0 Å². The Morgan fingerprint density at radius 3 is 1.00 bits per heavy atom. The summed E-state index contributed by atoms with van der Waals surface area (Å²) in [5, 5.41) is 0. The van der Waals surface area contributed by atoms with Crippen molar-refractivity contribution >= 4 is 17.4 Å². The molecule has 0 unspecified atom stereocenters. The topological polar surface area (TPSA) is 31.5 Å². The van der Waals surface area contributed by atoms with Gasteiger partial charge in [0, 0.05) is 19.5 Å². The van der Waals surface area contributed by atoms with Crippen LogP contribution in [0.25, 0.3) is 0 Å². The molecule has 0 rings (SSSR count). The summed E-state index contributed by atoms with van der Waals surface area (Å²) in [6.45, 7) is 0. The van der Waals surface area contributed by atoms with Crippen LogP contribution in [0.2, 0.25) is 0 Å². The molecule has 0 aliphatic carbocycles. The van der Waals surface area contributed by atoms with Crippen LogP contribution >= 0.6 is 0 Å². The second kappa shape index (κ2) is 32.1. The standard InChI is InChI=1S/CH4.Al.H2O.Zn.3H/h1H4;;1H2;;;;. The molecule has 0 aliphatic rings. The maximum Gasteiger partial charge on any atom is 0.187 e. The molecular formula is CH9AlOZn. The van der Waals surface area contributed by atoms with Gasteiger partial charge in [-0.2, -0.15) is 0 Å². The molecule has 0 saturated carbocycles. The van der Waals surface area contributed by atoms with Gasteiger partial charge in [0.25, 0.3) is 0 Å². The van der Waals surface area contributed by atoms with Crippen molar-refractivity contribution in [3.63, 3.8) is 0 Å². The van der Waals surface area contributed by atoms with Crippen molar-refractivity contribution in [3.05, 3.63) is 0 Å². The fourth-order valence-electron chi connectivity index (χ4n) is 0. The molecule has 0 aromatic heterocycles. The monoisotopic (exact) mass is 128 g/mol. The first-order valence-corrected chi connectivity index (χ1v) is 0. The molecule has 0 fully saturated rings. The third kappa shape index (κ3) is 11.2. The molecule has 0 radical (unpaired) electrons. The Bertz CT molecular complexity index is 8.00. The SMILES string of the molecule is C.O.[AlH3].[Zn]. The predicted molar refractivity (Wildman–Crippen MR) is 20.3 cm³/mol. The summed E-state index contributed by atoms with van der Waals surface area (Å²) in [6.07, 6.45) is 0. The van der Waals surface area contributed by atoms with Crippen molar-refractivity contribution in [2.75, 3.05) is 0 Å². The van der Waals surface area contributed by atoms with E-state index in [0.29, 0.717) is 0 Å². The van der Waals surface area contributed by atoms with Gasteiger partial charge >= 0.3 is 0 Å². The van der Waals surface area contributed by atoms with E-state index in [4.69, 9.17) is 0 Å². The van der Waals surface area contributed by atoms with Gasteiger partial charge in [-0.25, -0.2) is 0 Å². The molecule has 0 bridgehead atoms. The van der Waals surface area contributed by atoms with Gasteiger partial charge in [-0.3, -0.25) is 0 Å². The van der Waals surface area contributed by atoms with Crippen molar-refractivity contribution < 1.29 is 25.0 Å². The summed E-state index contributed by atoms with van der Waals surface area (Å²) < 4.78 is 0. The van der Waals surface area contributed by atoms with E-state index in [0.717, 1.165) is 0 Å². The van der Waals surface area contributed by atoms with Crippen LogP contribution in [-0.2, 0) is 19.5 Å². The number of rotatable bonds is 0. The van der Waals surface area contributed by atoms with E-state index in [1.165, 1.54) is 0 Å². The van der Waals surface area contributed by atoms with Gasteiger partial charge in [-0.05, 0) is 0 Å². The summed E-state index contributed by atoms with van der Waals surface area (Å²) in [5.74, 6) is 0. The molecule has 0 aliphatic heterocycles. The number of hydrogen-bond donors (Lipinski definition) is 0. The third-order valence-corrected chi connectivity index (χ3v) is 0. The first-order chi connectivity index (χ1) is 0. The Kier molecular flexibility index (Phi) is 558. The Morgan fingerprint density at radius 1 is 1.00 bits per heavy atom. The van der Waals surface area contributed by atoms with E-state index in [-0.39, 0.29) is 49.7 Å². The van der Waals surface area contributed by atoms with E-state index < -0.39 is 0 Å². The van der Waals surface area contributed by atoms with E-state index >= 15 is 0 Å². The van der Waals surface area contributed by atoms with E-state index in [1.54, 1.807) is 0 Å². The zero-order chi connectivity index (χ0) is 0. The van der Waals surface area contributed by atoms with Crippen LogP contribution in [-0.4, -0.2) is 22.8 Å². The molecule has 1 nitrogen and oxygen atoms in total. The molecule has 24 valence electrons. The summed E-state index contributed by atoms with van der Waals surface area (Å²) in [7, 11) is 0. The van der Waals surface area contributed by atoms with Gasteiger partial charge in [0.2, 0.25) is 0 Å². The van der Waals surface area contributed by atoms with Crippen LogP contribution in [0.15, 0.2) is 0 Å². The quantitative estimate of drug-likeness (QED) is 0.361. The largest absolute Gasteiger partial charge is 0.412 e. The van der Waals surface area contributed by atoms with Gasteiger partial charge in [-0.15, -0.1) is 0 Å². The minimum atomic E-state index is 0. The molecule has 0 heterocycles. The van der Waals surface area contributed by atoms with E-state index in [2.05, 4.69) is 0 Å². The van der Waals surface area contributed by atoms with Crippen LogP contribution in [0.1, 0.15) is 7.43 Å². The van der Waals surface area contributed by atoms with Gasteiger partial charge in [0.15, 0.2) is 17.4 Å². The van der Waals surface area contributed by atoms with Crippen molar-refractivity contribution in [1.29, 1.82) is 0 Å². The Labute approximate surface area is 50.0 Å². The van der Waals surface area contributed by atoms with Gasteiger partial charge in [-0.1, -0.05) is 7.43 Å². The minimum Gasteiger partial charge on any atom is -0.412 e. The van der Waals surface area contributed by atoms with Crippen molar-refractivity contribution in [2.45, 2.75) is 7.43 Å². The van der Waals surface area contributed by atoms with Gasteiger partial charge in [0.1, 0.15) is 0 Å². The van der Waals surface area contributed by atoms with Crippen LogP contribution in [0.4, 0.5) is 0 Å². The predicted octanol–water partition coefficient (Wildman–Crippen LogP) is -1.38. The van der Waals surface area contributed by atoms with Crippen LogP contribution < -0.4 is 0 Å². The molecular weight excluding hydrogens is 120 g/mol. The molecule has 4 heavy (non-hydrogen) atoms. The zero-order valence-corrected chi connectivity index (χ0v) is 4.17. The molecule has 0 amide bonds. The summed E-state index contributed by atoms with van der Waals surface area (Å²) in [6, 6.07) is 0. The fraction of sp³-hybridized carbons (Fsp3) is 1.00. The number of hydrogen-bond acceptors (Lipinski definition) is 0. The molecule has 0 atom stereocenters. The smallest absolute Gasteiger partial charge is 0.187 e. The summed E-state index contributed by atoms with van der Waals surface area (Å²) in [4.78, 5) is 0. The second-order valence-electron chi connectivity index (χ2n) is 0. The average molecular weight is 129 g/mol. The van der Waals surface area contributed by atoms with Crippen LogP contribution in [0, 0.1) is 0 Å². The second-order valence-corrected chi connectivity index (χ2v) is 0. The summed E-state index contributed by atoms with van der Waals surface area (Å²) >= 11 is 0. The minimum absolute atomic E-state index is 0. The van der Waals surface area contributed by atoms with Gasteiger partial charge in [0.05, 0.1) is 0 Å². The first-order valence-electron chi connectivity index (χ1n) is 0. The van der Waals surface area contributed by atoms with Crippen LogP contribution in [0.3, 0.4) is 0 Å². The summed E-state index contributed by atoms with van der Waals surface area (Å²) in [5.41, 5.74) is 0. The first kappa shape index (κ1) is 69.6. The third-order valence-electron chi connectivity index (χ3n) is 0. The Morgan fingerprint density at radius 2 is 1.00 bits per heavy atom. The molecule has 0 aromatic rings. The van der Waals surface area contributed by atoms with Crippen LogP contribution in [0.5, 0.6) is 0 Å². The van der Waals surface area contributed by atoms with E-state index in [9.17, 15) is 0 Å². The maximum atomic E-state index is 0. The molecule has 2 N–H and O–H groups in total. The Hall–Kier alpha value is 1.12. The Balaban J connectivity index is 0. The molecule has 0 saturated heterocycles. The normalized spacial score (nSPS) is 0. The maximum absolute atomic E-state index is 0. The molecule has 0 spiro atoms. The zero-order valence-electron chi connectivity index (χ0n) is 1.21. The van der Waals surface area contributed by atoms with Crippen molar-refractivity contribution in [3.8, 4) is 0 Å². The molecule has 3 heteroatoms. The fourth-order valence-corrected chi connectivity index (χ4v) is 0. The average Bonchev–Trinajstić information content (AvgIpc) is 0. The van der Waals surface area contributed by atoms with Crippen molar-refractivity contribution in [1.82, 2.24) is 0 Å². The molecule has 0 aromatic carbocycles. The van der Waals surface area contributed by atoms with E-state index in [1.807, 2.05) is 0 Å². The van der Waals surface area contributed by atoms with Gasteiger partial charge < -0.3 is 5.48 Å².